The summed E-state index contributed by atoms with van der Waals surface area (Å²) in [6.45, 7) is 4.29. The van der Waals surface area contributed by atoms with Crippen molar-refractivity contribution in [1.29, 1.82) is 0 Å². The summed E-state index contributed by atoms with van der Waals surface area (Å²) in [6.07, 6.45) is 3.31. The molecule has 3 rings (SSSR count). The lowest BCUT2D eigenvalue weighted by molar-refractivity contribution is 0.173. The molecular formula is C14H19NO3. The maximum absolute atomic E-state index is 5.81. The van der Waals surface area contributed by atoms with Crippen LogP contribution in [0.2, 0.25) is 0 Å². The fourth-order valence-corrected chi connectivity index (χ4v) is 2.49. The second-order valence-electron chi connectivity index (χ2n) is 4.74. The summed E-state index contributed by atoms with van der Waals surface area (Å²) in [4.78, 5) is 0. The quantitative estimate of drug-likeness (QED) is 0.894. The molecule has 0 radical (unpaired) electrons. The number of rotatable bonds is 3. The summed E-state index contributed by atoms with van der Waals surface area (Å²) in [6, 6.07) is 4.39. The predicted octanol–water partition coefficient (Wildman–Crippen LogP) is 2.63. The van der Waals surface area contributed by atoms with E-state index in [1.165, 1.54) is 5.56 Å². The van der Waals surface area contributed by atoms with Gasteiger partial charge in [-0.05, 0) is 31.9 Å². The van der Waals surface area contributed by atoms with E-state index in [0.29, 0.717) is 12.8 Å². The summed E-state index contributed by atoms with van der Waals surface area (Å²) in [7, 11) is 0. The minimum Gasteiger partial charge on any atom is -0.493 e. The van der Waals surface area contributed by atoms with Crippen molar-refractivity contribution < 1.29 is 14.2 Å². The zero-order valence-electron chi connectivity index (χ0n) is 10.7. The van der Waals surface area contributed by atoms with Crippen molar-refractivity contribution in [2.75, 3.05) is 19.9 Å². The molecule has 2 heterocycles. The van der Waals surface area contributed by atoms with Gasteiger partial charge in [0.25, 0.3) is 0 Å². The molecule has 0 fully saturated rings. The molecular weight excluding hydrogens is 230 g/mol. The first-order valence-corrected chi connectivity index (χ1v) is 6.68. The summed E-state index contributed by atoms with van der Waals surface area (Å²) in [5.41, 5.74) is 1.20. The van der Waals surface area contributed by atoms with Crippen LogP contribution in [0.5, 0.6) is 17.2 Å². The van der Waals surface area contributed by atoms with E-state index >= 15 is 0 Å². The van der Waals surface area contributed by atoms with E-state index in [-0.39, 0.29) is 0 Å². The third kappa shape index (κ3) is 2.12. The van der Waals surface area contributed by atoms with E-state index in [1.807, 2.05) is 6.07 Å². The average Bonchev–Trinajstić information content (AvgIpc) is 2.75. The van der Waals surface area contributed by atoms with Crippen molar-refractivity contribution in [3.8, 4) is 17.2 Å². The van der Waals surface area contributed by atoms with Crippen LogP contribution in [0.1, 0.15) is 37.8 Å². The van der Waals surface area contributed by atoms with E-state index < -0.39 is 0 Å². The Bertz CT molecular complexity index is 433. The molecule has 1 aromatic rings. The van der Waals surface area contributed by atoms with Gasteiger partial charge < -0.3 is 19.5 Å². The van der Waals surface area contributed by atoms with Crippen LogP contribution >= 0.6 is 0 Å². The summed E-state index contributed by atoms with van der Waals surface area (Å²) in [5, 5.41) is 3.58. The first kappa shape index (κ1) is 11.7. The van der Waals surface area contributed by atoms with Gasteiger partial charge in [0, 0.05) is 17.7 Å². The first-order chi connectivity index (χ1) is 8.88. The van der Waals surface area contributed by atoms with Crippen LogP contribution in [0.25, 0.3) is 0 Å². The van der Waals surface area contributed by atoms with Gasteiger partial charge in [-0.15, -0.1) is 0 Å². The zero-order valence-corrected chi connectivity index (χ0v) is 10.7. The molecule has 0 saturated heterocycles. The second-order valence-corrected chi connectivity index (χ2v) is 4.74. The van der Waals surface area contributed by atoms with Gasteiger partial charge in [-0.3, -0.25) is 0 Å². The van der Waals surface area contributed by atoms with Crippen molar-refractivity contribution in [2.45, 2.75) is 32.2 Å². The Morgan fingerprint density at radius 2 is 2.00 bits per heavy atom. The van der Waals surface area contributed by atoms with Gasteiger partial charge in [0.15, 0.2) is 11.5 Å². The largest absolute Gasteiger partial charge is 0.493 e. The lowest BCUT2D eigenvalue weighted by Crippen LogP contribution is -2.21. The van der Waals surface area contributed by atoms with Gasteiger partial charge in [0.2, 0.25) is 6.79 Å². The highest BCUT2D eigenvalue weighted by Crippen LogP contribution is 2.42. The highest BCUT2D eigenvalue weighted by atomic mass is 16.7. The zero-order chi connectivity index (χ0) is 12.4. The Hall–Kier alpha value is -1.42. The molecule has 18 heavy (non-hydrogen) atoms. The standard InChI is InChI=1S/C14H19NO3/c1-2-5-15-11-4-3-6-16-12-8-14-13(7-10(11)12)17-9-18-14/h7-8,11,15H,2-6,9H2,1H3. The maximum Gasteiger partial charge on any atom is 0.231 e. The van der Waals surface area contributed by atoms with E-state index in [0.717, 1.165) is 49.7 Å². The molecule has 4 heteroatoms. The molecule has 2 aliphatic heterocycles. The van der Waals surface area contributed by atoms with Gasteiger partial charge in [-0.1, -0.05) is 6.92 Å². The molecule has 0 aliphatic carbocycles. The van der Waals surface area contributed by atoms with Crippen LogP contribution in [0, 0.1) is 0 Å². The van der Waals surface area contributed by atoms with Gasteiger partial charge in [-0.2, -0.15) is 0 Å². The van der Waals surface area contributed by atoms with Crippen LogP contribution < -0.4 is 19.5 Å². The van der Waals surface area contributed by atoms with E-state index in [2.05, 4.69) is 18.3 Å². The fourth-order valence-electron chi connectivity index (χ4n) is 2.49. The lowest BCUT2D eigenvalue weighted by atomic mass is 10.0. The fraction of sp³-hybridized carbons (Fsp3) is 0.571. The van der Waals surface area contributed by atoms with Gasteiger partial charge in [-0.25, -0.2) is 0 Å². The molecule has 2 aliphatic rings. The van der Waals surface area contributed by atoms with Crippen LogP contribution in [0.15, 0.2) is 12.1 Å². The lowest BCUT2D eigenvalue weighted by Gasteiger charge is -2.18. The third-order valence-electron chi connectivity index (χ3n) is 3.42. The minimum absolute atomic E-state index is 0.311. The Labute approximate surface area is 107 Å². The van der Waals surface area contributed by atoms with Crippen molar-refractivity contribution in [2.24, 2.45) is 0 Å². The Morgan fingerprint density at radius 1 is 1.17 bits per heavy atom. The molecule has 0 saturated carbocycles. The summed E-state index contributed by atoms with van der Waals surface area (Å²) < 4.78 is 16.7. The van der Waals surface area contributed by atoms with Gasteiger partial charge in [0.05, 0.1) is 6.61 Å². The topological polar surface area (TPSA) is 39.7 Å². The molecule has 0 spiro atoms. The number of nitrogens with one attached hydrogen (secondary N) is 1. The van der Waals surface area contributed by atoms with Crippen molar-refractivity contribution in [3.05, 3.63) is 17.7 Å². The second kappa shape index (κ2) is 5.06. The number of fused-ring (bicyclic) bond motifs is 2. The Morgan fingerprint density at radius 3 is 2.83 bits per heavy atom. The van der Waals surface area contributed by atoms with Gasteiger partial charge in [0.1, 0.15) is 5.75 Å². The van der Waals surface area contributed by atoms with Crippen LogP contribution in [0.4, 0.5) is 0 Å². The van der Waals surface area contributed by atoms with E-state index in [1.54, 1.807) is 0 Å². The van der Waals surface area contributed by atoms with E-state index in [4.69, 9.17) is 14.2 Å². The molecule has 0 bridgehead atoms. The molecule has 1 N–H and O–H groups in total. The molecule has 0 aromatic heterocycles. The van der Waals surface area contributed by atoms with Crippen molar-refractivity contribution in [1.82, 2.24) is 5.32 Å². The van der Waals surface area contributed by atoms with Crippen LogP contribution in [-0.4, -0.2) is 19.9 Å². The number of benzene rings is 1. The summed E-state index contributed by atoms with van der Waals surface area (Å²) >= 11 is 0. The smallest absolute Gasteiger partial charge is 0.231 e. The van der Waals surface area contributed by atoms with Gasteiger partial charge >= 0.3 is 0 Å². The molecule has 4 nitrogen and oxygen atoms in total. The normalized spacial score (nSPS) is 21.1. The Kier molecular flexibility index (Phi) is 3.28. The molecule has 1 atom stereocenters. The first-order valence-electron chi connectivity index (χ1n) is 6.68. The molecule has 1 unspecified atom stereocenters. The maximum atomic E-state index is 5.81. The minimum atomic E-state index is 0.311. The molecule has 1 aromatic carbocycles. The monoisotopic (exact) mass is 249 g/mol. The van der Waals surface area contributed by atoms with Crippen LogP contribution in [0.3, 0.4) is 0 Å². The summed E-state index contributed by atoms with van der Waals surface area (Å²) in [5.74, 6) is 2.57. The average molecular weight is 249 g/mol. The SMILES string of the molecule is CCCNC1CCCOc2cc3c(cc21)OCO3. The van der Waals surface area contributed by atoms with E-state index in [9.17, 15) is 0 Å². The Balaban J connectivity index is 1.92. The predicted molar refractivity (Wildman–Crippen MR) is 68.3 cm³/mol. The molecule has 0 amide bonds. The highest BCUT2D eigenvalue weighted by molar-refractivity contribution is 5.53. The third-order valence-corrected chi connectivity index (χ3v) is 3.42. The van der Waals surface area contributed by atoms with Crippen LogP contribution in [-0.2, 0) is 0 Å². The number of hydrogen-bond donors (Lipinski definition) is 1. The number of hydrogen-bond acceptors (Lipinski definition) is 4. The number of ether oxygens (including phenoxy) is 3. The highest BCUT2D eigenvalue weighted by Gasteiger charge is 2.24. The van der Waals surface area contributed by atoms with Crippen molar-refractivity contribution in [3.63, 3.8) is 0 Å². The molecule has 98 valence electrons. The van der Waals surface area contributed by atoms with Crippen molar-refractivity contribution >= 4 is 0 Å².